The molecule has 0 aliphatic heterocycles. The quantitative estimate of drug-likeness (QED) is 0.332. The van der Waals surface area contributed by atoms with Gasteiger partial charge in [-0.2, -0.15) is 0 Å². The second-order valence-electron chi connectivity index (χ2n) is 6.05. The summed E-state index contributed by atoms with van der Waals surface area (Å²) >= 11 is 7.35. The third-order valence-corrected chi connectivity index (χ3v) is 5.25. The summed E-state index contributed by atoms with van der Waals surface area (Å²) in [6.07, 6.45) is 1.32. The van der Waals surface area contributed by atoms with E-state index in [1.165, 1.54) is 17.7 Å². The number of carbonyl (C=O) groups excluding carboxylic acids is 1. The van der Waals surface area contributed by atoms with Gasteiger partial charge in [0.1, 0.15) is 17.8 Å². The van der Waals surface area contributed by atoms with E-state index < -0.39 is 0 Å². The zero-order valence-corrected chi connectivity index (χ0v) is 17.2. The van der Waals surface area contributed by atoms with Gasteiger partial charge in [-0.1, -0.05) is 29.0 Å². The van der Waals surface area contributed by atoms with Crippen molar-refractivity contribution in [2.24, 2.45) is 0 Å². The first-order chi connectivity index (χ1) is 14.5. The number of thiazole rings is 1. The number of nitrogens with one attached hydrogen (secondary N) is 3. The Hall–Kier alpha value is -3.63. The Balaban J connectivity index is 1.49. The molecule has 11 heteroatoms. The summed E-state index contributed by atoms with van der Waals surface area (Å²) in [4.78, 5) is 25.0. The number of hydrazine groups is 1. The number of hydrogen-bond acceptors (Lipinski definition) is 9. The molecule has 2 heterocycles. The lowest BCUT2D eigenvalue weighted by atomic mass is 10.2. The maximum atomic E-state index is 12.3. The number of amides is 1. The van der Waals surface area contributed by atoms with Crippen molar-refractivity contribution in [3.63, 3.8) is 0 Å². The zero-order chi connectivity index (χ0) is 21.1. The van der Waals surface area contributed by atoms with Gasteiger partial charge in [0.25, 0.3) is 5.91 Å². The van der Waals surface area contributed by atoms with Crippen LogP contribution in [0.4, 0.5) is 22.5 Å². The van der Waals surface area contributed by atoms with Crippen molar-refractivity contribution < 1.29 is 9.53 Å². The molecule has 0 aliphatic rings. The highest BCUT2D eigenvalue weighted by atomic mass is 35.5. The van der Waals surface area contributed by atoms with Gasteiger partial charge in [-0.25, -0.2) is 15.0 Å². The number of nitrogen functional groups attached to an aromatic ring is 1. The molecule has 30 heavy (non-hydrogen) atoms. The molecule has 152 valence electrons. The third kappa shape index (κ3) is 4.19. The van der Waals surface area contributed by atoms with E-state index in [9.17, 15) is 4.79 Å². The van der Waals surface area contributed by atoms with Crippen LogP contribution in [0.1, 0.15) is 10.4 Å². The molecule has 9 nitrogen and oxygen atoms in total. The topological polar surface area (TPSA) is 127 Å². The van der Waals surface area contributed by atoms with E-state index in [0.717, 1.165) is 16.0 Å². The molecule has 2 aromatic heterocycles. The van der Waals surface area contributed by atoms with Gasteiger partial charge < -0.3 is 15.8 Å². The minimum atomic E-state index is -0.384. The Morgan fingerprint density at radius 3 is 2.80 bits per heavy atom. The van der Waals surface area contributed by atoms with Gasteiger partial charge in [-0.05, 0) is 36.4 Å². The summed E-state index contributed by atoms with van der Waals surface area (Å²) in [7, 11) is 1.61. The molecule has 0 aliphatic carbocycles. The molecular formula is C19H16ClN7O2S. The zero-order valence-electron chi connectivity index (χ0n) is 15.6. The van der Waals surface area contributed by atoms with E-state index >= 15 is 0 Å². The summed E-state index contributed by atoms with van der Waals surface area (Å²) < 4.78 is 6.19. The number of hydrogen-bond donors (Lipinski definition) is 4. The summed E-state index contributed by atoms with van der Waals surface area (Å²) in [5.74, 6) is 0.965. The number of rotatable bonds is 6. The molecule has 0 unspecified atom stereocenters. The molecule has 2 aromatic carbocycles. The monoisotopic (exact) mass is 441 g/mol. The number of ether oxygens (including phenoxy) is 1. The summed E-state index contributed by atoms with van der Waals surface area (Å²) in [5, 5.41) is 4.16. The fraction of sp³-hybridized carbons (Fsp3) is 0.0526. The molecule has 0 bridgehead atoms. The second-order valence-corrected chi connectivity index (χ2v) is 7.52. The maximum Gasteiger partial charge on any atom is 0.269 e. The van der Waals surface area contributed by atoms with E-state index in [2.05, 4.69) is 31.1 Å². The Labute approximate surface area is 180 Å². The summed E-state index contributed by atoms with van der Waals surface area (Å²) in [5.41, 5.74) is 12.8. The number of aromatic nitrogens is 3. The number of nitrogens with zero attached hydrogens (tertiary/aromatic N) is 3. The highest BCUT2D eigenvalue weighted by Crippen LogP contribution is 2.32. The molecule has 0 spiro atoms. The normalized spacial score (nSPS) is 10.6. The van der Waals surface area contributed by atoms with Crippen molar-refractivity contribution >= 4 is 61.5 Å². The van der Waals surface area contributed by atoms with E-state index in [-0.39, 0.29) is 17.4 Å². The molecule has 0 radical (unpaired) electrons. The van der Waals surface area contributed by atoms with Gasteiger partial charge >= 0.3 is 0 Å². The second kappa shape index (κ2) is 8.39. The predicted octanol–water partition coefficient (Wildman–Crippen LogP) is 3.83. The number of halogens is 1. The molecule has 4 rings (SSSR count). The van der Waals surface area contributed by atoms with E-state index in [0.29, 0.717) is 21.5 Å². The van der Waals surface area contributed by atoms with Crippen LogP contribution in [0.15, 0.2) is 48.8 Å². The Morgan fingerprint density at radius 1 is 1.17 bits per heavy atom. The number of nitrogens with two attached hydrogens (primary N) is 1. The van der Waals surface area contributed by atoms with Crippen molar-refractivity contribution in [2.75, 3.05) is 23.6 Å². The Morgan fingerprint density at radius 2 is 2.00 bits per heavy atom. The first-order valence-electron chi connectivity index (χ1n) is 8.67. The molecule has 0 fully saturated rings. The smallest absolute Gasteiger partial charge is 0.269 e. The van der Waals surface area contributed by atoms with Crippen LogP contribution in [0.3, 0.4) is 0 Å². The lowest BCUT2D eigenvalue weighted by molar-refractivity contribution is 0.0962. The summed E-state index contributed by atoms with van der Waals surface area (Å²) in [6.45, 7) is 0. The fourth-order valence-corrected chi connectivity index (χ4v) is 3.68. The first-order valence-corrected chi connectivity index (χ1v) is 9.87. The summed E-state index contributed by atoms with van der Waals surface area (Å²) in [6, 6.07) is 12.2. The lowest BCUT2D eigenvalue weighted by Crippen LogP contribution is -2.30. The lowest BCUT2D eigenvalue weighted by Gasteiger charge is -2.12. The van der Waals surface area contributed by atoms with Crippen LogP contribution >= 0.6 is 22.9 Å². The van der Waals surface area contributed by atoms with Gasteiger partial charge in [0.05, 0.1) is 17.3 Å². The number of benzene rings is 2. The highest BCUT2D eigenvalue weighted by molar-refractivity contribution is 7.22. The van der Waals surface area contributed by atoms with Crippen molar-refractivity contribution in [3.8, 4) is 5.75 Å². The van der Waals surface area contributed by atoms with Gasteiger partial charge in [0, 0.05) is 10.6 Å². The minimum absolute atomic E-state index is 0.223. The molecule has 1 amide bonds. The van der Waals surface area contributed by atoms with Crippen LogP contribution in [-0.2, 0) is 0 Å². The predicted molar refractivity (Wildman–Crippen MR) is 118 cm³/mol. The largest absolute Gasteiger partial charge is 0.497 e. The van der Waals surface area contributed by atoms with E-state index in [4.69, 9.17) is 22.1 Å². The average Bonchev–Trinajstić information content (AvgIpc) is 3.15. The van der Waals surface area contributed by atoms with Crippen LogP contribution < -0.4 is 26.6 Å². The van der Waals surface area contributed by atoms with Crippen LogP contribution in [0, 0.1) is 0 Å². The van der Waals surface area contributed by atoms with Crippen LogP contribution in [-0.4, -0.2) is 28.0 Å². The first kappa shape index (κ1) is 19.7. The highest BCUT2D eigenvalue weighted by Gasteiger charge is 2.13. The third-order valence-electron chi connectivity index (χ3n) is 4.09. The van der Waals surface area contributed by atoms with Crippen LogP contribution in [0.25, 0.3) is 10.2 Å². The molecule has 0 atom stereocenters. The van der Waals surface area contributed by atoms with Crippen molar-refractivity contribution in [3.05, 3.63) is 59.4 Å². The molecule has 5 N–H and O–H groups in total. The van der Waals surface area contributed by atoms with Gasteiger partial charge in [-0.15, -0.1) is 0 Å². The SMILES string of the molecule is COc1ccc2nc(Nc3ncnc(NNC(=O)c4cccc(Cl)c4)c3N)sc2c1. The van der Waals surface area contributed by atoms with Crippen molar-refractivity contribution in [1.29, 1.82) is 0 Å². The molecular weight excluding hydrogens is 426 g/mol. The van der Waals surface area contributed by atoms with E-state index in [1.807, 2.05) is 18.2 Å². The van der Waals surface area contributed by atoms with Gasteiger partial charge in [0.2, 0.25) is 0 Å². The van der Waals surface area contributed by atoms with Crippen molar-refractivity contribution in [2.45, 2.75) is 0 Å². The van der Waals surface area contributed by atoms with Crippen LogP contribution in [0.2, 0.25) is 5.02 Å². The molecule has 0 saturated heterocycles. The minimum Gasteiger partial charge on any atom is -0.497 e. The van der Waals surface area contributed by atoms with Gasteiger partial charge in [-0.3, -0.25) is 15.6 Å². The standard InChI is InChI=1S/C19H16ClN7O2S/c1-29-12-5-6-13-14(8-12)30-19(24-13)25-16-15(21)17(23-9-22-16)26-27-18(28)10-3-2-4-11(20)7-10/h2-9H,21H2,1H3,(H,27,28)(H2,22,23,24,25,26). The fourth-order valence-electron chi connectivity index (χ4n) is 2.60. The molecule has 4 aromatic rings. The average molecular weight is 442 g/mol. The number of carbonyl (C=O) groups is 1. The molecule has 0 saturated carbocycles. The number of fused-ring (bicyclic) bond motifs is 1. The number of anilines is 4. The van der Waals surface area contributed by atoms with Crippen LogP contribution in [0.5, 0.6) is 5.75 Å². The number of methoxy groups -OCH3 is 1. The Bertz CT molecular complexity index is 1230. The maximum absolute atomic E-state index is 12.3. The van der Waals surface area contributed by atoms with Crippen molar-refractivity contribution in [1.82, 2.24) is 20.4 Å². The van der Waals surface area contributed by atoms with Gasteiger partial charge in [0.15, 0.2) is 16.8 Å². The Kier molecular flexibility index (Phi) is 5.50. The van der Waals surface area contributed by atoms with E-state index in [1.54, 1.807) is 31.4 Å².